The second-order valence-corrected chi connectivity index (χ2v) is 10.2. The van der Waals surface area contributed by atoms with Crippen LogP contribution in [0.2, 0.25) is 0 Å². The summed E-state index contributed by atoms with van der Waals surface area (Å²) in [5, 5.41) is 13.2. The van der Waals surface area contributed by atoms with E-state index in [1.807, 2.05) is 62.4 Å². The number of benzene rings is 2. The van der Waals surface area contributed by atoms with Crippen molar-refractivity contribution in [3.05, 3.63) is 95.6 Å². The monoisotopic (exact) mass is 537 g/mol. The van der Waals surface area contributed by atoms with Gasteiger partial charge in [-0.1, -0.05) is 48.5 Å². The van der Waals surface area contributed by atoms with E-state index in [4.69, 9.17) is 4.99 Å². The Morgan fingerprint density at radius 3 is 2.50 bits per heavy atom. The number of halogens is 1. The number of anilines is 2. The third kappa shape index (κ3) is 4.95. The fraction of sp³-hybridized carbons (Fsp3) is 0.233. The number of para-hydroxylation sites is 1. The molecule has 2 aromatic heterocycles. The standard InChI is InChI=1S/C30H28FN7O2/c1-17(2)38-26(21-14-15-24(35-27(21)31)33-19-12-13-19)22(16-32-38)29(39)37-28-30(40)34-23-11-7-6-10-20(23)25(36-28)18-8-4-3-5-9-18/h3-11,14-17,19,28H,12-13H2,1-2H3,(H,33,35)(H,34,40)(H,37,39)/t28-/m1/s1. The lowest BCUT2D eigenvalue weighted by Gasteiger charge is -2.16. The minimum absolute atomic E-state index is 0.114. The van der Waals surface area contributed by atoms with Crippen molar-refractivity contribution in [3.63, 3.8) is 0 Å². The van der Waals surface area contributed by atoms with Crippen molar-refractivity contribution in [1.29, 1.82) is 0 Å². The molecule has 1 saturated carbocycles. The smallest absolute Gasteiger partial charge is 0.269 e. The van der Waals surface area contributed by atoms with Crippen LogP contribution in [0.4, 0.5) is 15.9 Å². The molecule has 2 amide bonds. The molecule has 3 N–H and O–H groups in total. The molecule has 10 heteroatoms. The Labute approximate surface area is 230 Å². The Balaban J connectivity index is 1.36. The molecule has 1 atom stereocenters. The van der Waals surface area contributed by atoms with Gasteiger partial charge >= 0.3 is 0 Å². The molecular formula is C30H28FN7O2. The van der Waals surface area contributed by atoms with Crippen molar-refractivity contribution in [2.75, 3.05) is 10.6 Å². The second kappa shape index (κ2) is 10.4. The van der Waals surface area contributed by atoms with E-state index in [2.05, 4.69) is 26.0 Å². The van der Waals surface area contributed by atoms with E-state index in [9.17, 15) is 9.59 Å². The molecule has 0 unspecified atom stereocenters. The lowest BCUT2D eigenvalue weighted by Crippen LogP contribution is -2.42. The molecule has 6 rings (SSSR count). The zero-order chi connectivity index (χ0) is 27.8. The van der Waals surface area contributed by atoms with E-state index >= 15 is 4.39 Å². The van der Waals surface area contributed by atoms with Gasteiger partial charge in [0.05, 0.1) is 34.4 Å². The summed E-state index contributed by atoms with van der Waals surface area (Å²) in [5.41, 5.74) is 3.22. The highest BCUT2D eigenvalue weighted by Gasteiger charge is 2.30. The van der Waals surface area contributed by atoms with Gasteiger partial charge in [0.15, 0.2) is 0 Å². The molecule has 40 heavy (non-hydrogen) atoms. The molecule has 0 saturated heterocycles. The zero-order valence-corrected chi connectivity index (χ0v) is 22.1. The number of rotatable bonds is 7. The Morgan fingerprint density at radius 1 is 1.02 bits per heavy atom. The van der Waals surface area contributed by atoms with Crippen molar-refractivity contribution in [2.24, 2.45) is 4.99 Å². The van der Waals surface area contributed by atoms with E-state index in [0.717, 1.165) is 24.0 Å². The van der Waals surface area contributed by atoms with E-state index in [1.165, 1.54) is 6.20 Å². The number of hydrogen-bond acceptors (Lipinski definition) is 6. The number of carbonyl (C=O) groups excluding carboxylic acids is 2. The lowest BCUT2D eigenvalue weighted by molar-refractivity contribution is -0.117. The topological polar surface area (TPSA) is 113 Å². The number of amides is 2. The van der Waals surface area contributed by atoms with Crippen LogP contribution in [0.1, 0.15) is 54.2 Å². The van der Waals surface area contributed by atoms with E-state index < -0.39 is 23.9 Å². The summed E-state index contributed by atoms with van der Waals surface area (Å²) in [4.78, 5) is 35.7. The van der Waals surface area contributed by atoms with Crippen LogP contribution in [0.25, 0.3) is 11.3 Å². The average molecular weight is 538 g/mol. The quantitative estimate of drug-likeness (QED) is 0.294. The minimum Gasteiger partial charge on any atom is -0.367 e. The number of aromatic nitrogens is 3. The van der Waals surface area contributed by atoms with Crippen LogP contribution in [0.5, 0.6) is 0 Å². The first-order valence-electron chi connectivity index (χ1n) is 13.2. The van der Waals surface area contributed by atoms with Crippen LogP contribution in [0.3, 0.4) is 0 Å². The van der Waals surface area contributed by atoms with Gasteiger partial charge in [0.1, 0.15) is 5.82 Å². The summed E-state index contributed by atoms with van der Waals surface area (Å²) in [7, 11) is 0. The van der Waals surface area contributed by atoms with Crippen molar-refractivity contribution < 1.29 is 14.0 Å². The summed E-state index contributed by atoms with van der Waals surface area (Å²) in [6.07, 6.45) is 2.21. The molecule has 3 heterocycles. The minimum atomic E-state index is -1.24. The van der Waals surface area contributed by atoms with Crippen LogP contribution >= 0.6 is 0 Å². The SMILES string of the molecule is CC(C)n1ncc(C(=O)N[C@H]2N=C(c3ccccc3)c3ccccc3NC2=O)c1-c1ccc(NC2CC2)nc1F. The van der Waals surface area contributed by atoms with Gasteiger partial charge in [-0.3, -0.25) is 14.3 Å². The number of fused-ring (bicyclic) bond motifs is 1. The van der Waals surface area contributed by atoms with E-state index in [1.54, 1.807) is 22.9 Å². The summed E-state index contributed by atoms with van der Waals surface area (Å²) in [5.74, 6) is -1.37. The van der Waals surface area contributed by atoms with E-state index in [0.29, 0.717) is 23.3 Å². The summed E-state index contributed by atoms with van der Waals surface area (Å²) >= 11 is 0. The van der Waals surface area contributed by atoms with Gasteiger partial charge in [0.25, 0.3) is 11.8 Å². The maximum atomic E-state index is 15.3. The van der Waals surface area contributed by atoms with Crippen molar-refractivity contribution in [2.45, 2.75) is 44.9 Å². The normalized spacial score (nSPS) is 16.6. The van der Waals surface area contributed by atoms with Gasteiger partial charge in [-0.25, -0.2) is 9.98 Å². The molecule has 0 spiro atoms. The molecule has 202 valence electrons. The summed E-state index contributed by atoms with van der Waals surface area (Å²) in [6, 6.07) is 20.2. The molecule has 0 bridgehead atoms. The maximum absolute atomic E-state index is 15.3. The molecule has 1 aliphatic heterocycles. The first kappa shape index (κ1) is 25.4. The third-order valence-electron chi connectivity index (χ3n) is 6.82. The van der Waals surface area contributed by atoms with Gasteiger partial charge in [-0.2, -0.15) is 9.49 Å². The van der Waals surface area contributed by atoms with Crippen LogP contribution in [-0.2, 0) is 4.79 Å². The van der Waals surface area contributed by atoms with Crippen LogP contribution in [0, 0.1) is 5.95 Å². The Bertz CT molecular complexity index is 1630. The number of nitrogens with one attached hydrogen (secondary N) is 3. The molecule has 1 aliphatic carbocycles. The molecule has 0 radical (unpaired) electrons. The van der Waals surface area contributed by atoms with Crippen LogP contribution in [0.15, 0.2) is 77.9 Å². The van der Waals surface area contributed by atoms with Gasteiger partial charge in [0.2, 0.25) is 12.1 Å². The number of aliphatic imine (C=N–C) groups is 1. The molecular weight excluding hydrogens is 509 g/mol. The lowest BCUT2D eigenvalue weighted by atomic mass is 10.0. The highest BCUT2D eigenvalue weighted by atomic mass is 19.1. The summed E-state index contributed by atoms with van der Waals surface area (Å²) in [6.45, 7) is 3.78. The maximum Gasteiger partial charge on any atom is 0.269 e. The van der Waals surface area contributed by atoms with Gasteiger partial charge in [-0.05, 0) is 44.9 Å². The molecule has 2 aliphatic rings. The molecule has 1 fully saturated rings. The van der Waals surface area contributed by atoms with E-state index in [-0.39, 0.29) is 22.9 Å². The van der Waals surface area contributed by atoms with Crippen molar-refractivity contribution >= 4 is 29.0 Å². The van der Waals surface area contributed by atoms with Crippen LogP contribution in [-0.4, -0.2) is 44.5 Å². The molecule has 4 aromatic rings. The molecule has 9 nitrogen and oxygen atoms in total. The Kier molecular flexibility index (Phi) is 6.59. The van der Waals surface area contributed by atoms with Crippen LogP contribution < -0.4 is 16.0 Å². The number of benzodiazepines with no additional fused rings is 1. The largest absolute Gasteiger partial charge is 0.367 e. The van der Waals surface area contributed by atoms with Crippen molar-refractivity contribution in [1.82, 2.24) is 20.1 Å². The predicted molar refractivity (Wildman–Crippen MR) is 151 cm³/mol. The molecule has 2 aromatic carbocycles. The Morgan fingerprint density at radius 2 is 1.77 bits per heavy atom. The average Bonchev–Trinajstić information content (AvgIpc) is 3.67. The fourth-order valence-electron chi connectivity index (χ4n) is 4.70. The fourth-order valence-corrected chi connectivity index (χ4v) is 4.70. The summed E-state index contributed by atoms with van der Waals surface area (Å²) < 4.78 is 16.9. The highest BCUT2D eigenvalue weighted by molar-refractivity contribution is 6.20. The van der Waals surface area contributed by atoms with Gasteiger partial charge in [-0.15, -0.1) is 0 Å². The number of carbonyl (C=O) groups is 2. The predicted octanol–water partition coefficient (Wildman–Crippen LogP) is 4.79. The third-order valence-corrected chi connectivity index (χ3v) is 6.82. The number of nitrogens with zero attached hydrogens (tertiary/aromatic N) is 4. The zero-order valence-electron chi connectivity index (χ0n) is 22.1. The van der Waals surface area contributed by atoms with Crippen molar-refractivity contribution in [3.8, 4) is 11.3 Å². The van der Waals surface area contributed by atoms with Gasteiger partial charge < -0.3 is 16.0 Å². The second-order valence-electron chi connectivity index (χ2n) is 10.2. The first-order valence-corrected chi connectivity index (χ1v) is 13.2. The number of hydrogen-bond donors (Lipinski definition) is 3. The first-order chi connectivity index (χ1) is 19.4. The number of pyridine rings is 1. The Hall–Kier alpha value is -4.86. The highest BCUT2D eigenvalue weighted by Crippen LogP contribution is 2.31. The van der Waals surface area contributed by atoms with Gasteiger partial charge in [0, 0.05) is 23.2 Å².